The van der Waals surface area contributed by atoms with Gasteiger partial charge in [-0.15, -0.1) is 0 Å². The predicted molar refractivity (Wildman–Crippen MR) is 63.8 cm³/mol. The van der Waals surface area contributed by atoms with Crippen molar-refractivity contribution in [1.82, 2.24) is 9.97 Å². The number of nitrogens with zero attached hydrogens (tertiary/aromatic N) is 2. The van der Waals surface area contributed by atoms with Crippen molar-refractivity contribution in [3.63, 3.8) is 0 Å². The summed E-state index contributed by atoms with van der Waals surface area (Å²) in [4.78, 5) is 19.4. The summed E-state index contributed by atoms with van der Waals surface area (Å²) in [6.07, 6.45) is 5.68. The molecule has 1 aromatic rings. The van der Waals surface area contributed by atoms with Crippen LogP contribution in [0.25, 0.3) is 0 Å². The van der Waals surface area contributed by atoms with Gasteiger partial charge >= 0.3 is 5.97 Å². The van der Waals surface area contributed by atoms with Crippen molar-refractivity contribution in [2.24, 2.45) is 0 Å². The number of nitrogens with one attached hydrogen (secondary N) is 1. The van der Waals surface area contributed by atoms with E-state index in [2.05, 4.69) is 15.3 Å². The predicted octanol–water partition coefficient (Wildman–Crippen LogP) is 1.98. The van der Waals surface area contributed by atoms with Gasteiger partial charge in [0.2, 0.25) is 5.95 Å². The summed E-state index contributed by atoms with van der Waals surface area (Å²) in [6, 6.07) is 1.82. The van der Waals surface area contributed by atoms with Gasteiger partial charge in [0, 0.05) is 11.9 Å². The first-order valence-corrected chi connectivity index (χ1v) is 5.89. The van der Waals surface area contributed by atoms with Crippen LogP contribution in [0, 0.1) is 6.92 Å². The van der Waals surface area contributed by atoms with Gasteiger partial charge in [-0.05, 0) is 25.8 Å². The molecule has 92 valence electrons. The van der Waals surface area contributed by atoms with Crippen molar-refractivity contribution >= 4 is 11.9 Å². The summed E-state index contributed by atoms with van der Waals surface area (Å²) < 4.78 is 0. The molecule has 0 amide bonds. The van der Waals surface area contributed by atoms with Crippen LogP contribution in [-0.2, 0) is 4.79 Å². The molecule has 0 bridgehead atoms. The van der Waals surface area contributed by atoms with E-state index in [1.165, 1.54) is 0 Å². The van der Waals surface area contributed by atoms with Crippen LogP contribution in [-0.4, -0.2) is 26.6 Å². The second kappa shape index (κ2) is 4.69. The largest absolute Gasteiger partial charge is 0.481 e. The molecule has 1 aliphatic carbocycles. The minimum absolute atomic E-state index is 0.129. The lowest BCUT2D eigenvalue weighted by Crippen LogP contribution is -2.38. The molecule has 2 rings (SSSR count). The molecule has 5 nitrogen and oxygen atoms in total. The third kappa shape index (κ3) is 2.93. The van der Waals surface area contributed by atoms with Crippen LogP contribution in [0.5, 0.6) is 0 Å². The first kappa shape index (κ1) is 11.8. The van der Waals surface area contributed by atoms with E-state index >= 15 is 0 Å². The molecule has 0 saturated heterocycles. The van der Waals surface area contributed by atoms with E-state index in [1.54, 1.807) is 6.20 Å². The van der Waals surface area contributed by atoms with E-state index in [4.69, 9.17) is 5.11 Å². The molecule has 2 N–H and O–H groups in total. The maximum absolute atomic E-state index is 10.9. The number of hydrogen-bond donors (Lipinski definition) is 2. The second-order valence-electron chi connectivity index (χ2n) is 4.70. The minimum Gasteiger partial charge on any atom is -0.481 e. The number of carboxylic acid groups (broad SMARTS) is 1. The number of rotatable bonds is 4. The molecule has 1 aromatic heterocycles. The molecule has 0 aliphatic heterocycles. The van der Waals surface area contributed by atoms with Gasteiger partial charge in [-0.25, -0.2) is 9.97 Å². The lowest BCUT2D eigenvalue weighted by Gasteiger charge is -2.28. The fourth-order valence-corrected chi connectivity index (χ4v) is 2.43. The van der Waals surface area contributed by atoms with Crippen molar-refractivity contribution in [3.8, 4) is 0 Å². The third-order valence-electron chi connectivity index (χ3n) is 3.22. The summed E-state index contributed by atoms with van der Waals surface area (Å²) in [5.41, 5.74) is 0.519. The van der Waals surface area contributed by atoms with Gasteiger partial charge in [-0.1, -0.05) is 12.8 Å². The zero-order chi connectivity index (χ0) is 12.3. The van der Waals surface area contributed by atoms with Gasteiger partial charge in [0.1, 0.15) is 0 Å². The fraction of sp³-hybridized carbons (Fsp3) is 0.583. The van der Waals surface area contributed by atoms with E-state index in [1.807, 2.05) is 13.0 Å². The van der Waals surface area contributed by atoms with Crippen LogP contribution >= 0.6 is 0 Å². The SMILES string of the molecule is Cc1ccnc(NC2(CC(=O)O)CCCC2)n1. The smallest absolute Gasteiger partial charge is 0.305 e. The molecule has 0 radical (unpaired) electrons. The van der Waals surface area contributed by atoms with Gasteiger partial charge in [-0.3, -0.25) is 4.79 Å². The van der Waals surface area contributed by atoms with Gasteiger partial charge < -0.3 is 10.4 Å². The molecule has 0 spiro atoms. The van der Waals surface area contributed by atoms with Crippen LogP contribution < -0.4 is 5.32 Å². The average molecular weight is 235 g/mol. The first-order valence-electron chi connectivity index (χ1n) is 5.89. The molecule has 0 aromatic carbocycles. The zero-order valence-corrected chi connectivity index (χ0v) is 9.94. The Morgan fingerprint density at radius 2 is 2.24 bits per heavy atom. The lowest BCUT2D eigenvalue weighted by atomic mass is 9.93. The van der Waals surface area contributed by atoms with Crippen molar-refractivity contribution in [2.45, 2.75) is 44.6 Å². The summed E-state index contributed by atoms with van der Waals surface area (Å²) in [7, 11) is 0. The molecule has 1 heterocycles. The van der Waals surface area contributed by atoms with Crippen LogP contribution in [0.2, 0.25) is 0 Å². The van der Waals surface area contributed by atoms with E-state index in [9.17, 15) is 4.79 Å². The maximum Gasteiger partial charge on any atom is 0.305 e. The molecule has 0 atom stereocenters. The van der Waals surface area contributed by atoms with E-state index in [-0.39, 0.29) is 12.0 Å². The third-order valence-corrected chi connectivity index (χ3v) is 3.22. The van der Waals surface area contributed by atoms with Gasteiger partial charge in [0.05, 0.1) is 12.0 Å². The number of aryl methyl sites for hydroxylation is 1. The summed E-state index contributed by atoms with van der Waals surface area (Å²) in [5.74, 6) is -0.236. The Morgan fingerprint density at radius 3 is 2.82 bits per heavy atom. The van der Waals surface area contributed by atoms with E-state index in [0.717, 1.165) is 31.4 Å². The van der Waals surface area contributed by atoms with Crippen LogP contribution in [0.3, 0.4) is 0 Å². The van der Waals surface area contributed by atoms with Gasteiger partial charge in [-0.2, -0.15) is 0 Å². The highest BCUT2D eigenvalue weighted by Crippen LogP contribution is 2.35. The van der Waals surface area contributed by atoms with E-state index in [0.29, 0.717) is 5.95 Å². The highest BCUT2D eigenvalue weighted by molar-refractivity contribution is 5.69. The maximum atomic E-state index is 10.9. The van der Waals surface area contributed by atoms with Gasteiger partial charge in [0.15, 0.2) is 0 Å². The summed E-state index contributed by atoms with van der Waals surface area (Å²) in [5, 5.41) is 12.2. The number of aliphatic carboxylic acids is 1. The molecule has 17 heavy (non-hydrogen) atoms. The van der Waals surface area contributed by atoms with Gasteiger partial charge in [0.25, 0.3) is 0 Å². The Morgan fingerprint density at radius 1 is 1.53 bits per heavy atom. The monoisotopic (exact) mass is 235 g/mol. The average Bonchev–Trinajstić information content (AvgIpc) is 2.65. The van der Waals surface area contributed by atoms with Crippen molar-refractivity contribution in [2.75, 3.05) is 5.32 Å². The lowest BCUT2D eigenvalue weighted by molar-refractivity contribution is -0.138. The van der Waals surface area contributed by atoms with Crippen LogP contribution in [0.15, 0.2) is 12.3 Å². The fourth-order valence-electron chi connectivity index (χ4n) is 2.43. The van der Waals surface area contributed by atoms with Crippen LogP contribution in [0.4, 0.5) is 5.95 Å². The van der Waals surface area contributed by atoms with E-state index < -0.39 is 5.97 Å². The topological polar surface area (TPSA) is 75.1 Å². The number of hydrogen-bond acceptors (Lipinski definition) is 4. The molecular formula is C12H17N3O2. The Balaban J connectivity index is 2.15. The van der Waals surface area contributed by atoms with Crippen molar-refractivity contribution in [3.05, 3.63) is 18.0 Å². The number of carboxylic acids is 1. The highest BCUT2D eigenvalue weighted by atomic mass is 16.4. The molecule has 0 unspecified atom stereocenters. The van der Waals surface area contributed by atoms with Crippen LogP contribution in [0.1, 0.15) is 37.8 Å². The number of carbonyl (C=O) groups is 1. The molecule has 1 saturated carbocycles. The Hall–Kier alpha value is -1.65. The number of anilines is 1. The molecule has 1 aliphatic rings. The normalized spacial score (nSPS) is 17.9. The standard InChI is InChI=1S/C12H17N3O2/c1-9-4-7-13-11(14-9)15-12(8-10(16)17)5-2-3-6-12/h4,7H,2-3,5-6,8H2,1H3,(H,16,17)(H,13,14,15). The molecular weight excluding hydrogens is 218 g/mol. The Kier molecular flexibility index (Phi) is 3.26. The van der Waals surface area contributed by atoms with Crippen molar-refractivity contribution < 1.29 is 9.90 Å². The molecule has 1 fully saturated rings. The second-order valence-corrected chi connectivity index (χ2v) is 4.70. The van der Waals surface area contributed by atoms with Crippen molar-refractivity contribution in [1.29, 1.82) is 0 Å². The highest BCUT2D eigenvalue weighted by Gasteiger charge is 2.36. The zero-order valence-electron chi connectivity index (χ0n) is 9.94. The summed E-state index contributed by atoms with van der Waals surface area (Å²) in [6.45, 7) is 1.89. The Bertz CT molecular complexity index is 414. The minimum atomic E-state index is -0.771. The first-order chi connectivity index (χ1) is 8.10. The molecule has 5 heteroatoms. The summed E-state index contributed by atoms with van der Waals surface area (Å²) >= 11 is 0. The Labute approximate surface area is 100 Å². The quantitative estimate of drug-likeness (QED) is 0.834. The number of aromatic nitrogens is 2.